The Balaban J connectivity index is 1.65. The van der Waals surface area contributed by atoms with Crippen molar-refractivity contribution in [2.24, 2.45) is 5.41 Å². The Kier molecular flexibility index (Phi) is 16.3. The normalized spacial score (nSPS) is 11.6. The van der Waals surface area contributed by atoms with Gasteiger partial charge in [-0.05, 0) is 93.0 Å². The van der Waals surface area contributed by atoms with Gasteiger partial charge in [0, 0.05) is 25.0 Å². The van der Waals surface area contributed by atoms with E-state index in [1.54, 1.807) is 36.4 Å². The molecule has 0 saturated heterocycles. The number of rotatable bonds is 21. The Morgan fingerprint density at radius 3 is 1.36 bits per heavy atom. The Morgan fingerprint density at radius 1 is 0.644 bits per heavy atom. The van der Waals surface area contributed by atoms with Crippen LogP contribution in [0, 0.1) is 5.41 Å². The molecule has 0 aromatic heterocycles. The molecule has 0 heterocycles. The SMILES string of the molecule is COC(=O)/C=C/c1ccc(OCCCCCC(=O)C(C)(C(=O)CCCCCOc2ccc(/C=C/C(=O)OC)cc2)C(O)O)cc1. The van der Waals surface area contributed by atoms with E-state index in [4.69, 9.17) is 9.47 Å². The highest BCUT2D eigenvalue weighted by atomic mass is 16.5. The molecule has 10 nitrogen and oxygen atoms in total. The highest BCUT2D eigenvalue weighted by molar-refractivity contribution is 6.07. The van der Waals surface area contributed by atoms with Gasteiger partial charge in [-0.15, -0.1) is 0 Å². The molecule has 10 heteroatoms. The average Bonchev–Trinajstić information content (AvgIpc) is 3.05. The molecule has 2 N–H and O–H groups in total. The molecule has 0 aliphatic carbocycles. The Hall–Kier alpha value is -4.28. The molecule has 0 unspecified atom stereocenters. The van der Waals surface area contributed by atoms with Crippen LogP contribution in [-0.4, -0.2) is 67.4 Å². The molecule has 0 aliphatic rings. The molecule has 244 valence electrons. The van der Waals surface area contributed by atoms with Crippen molar-refractivity contribution < 1.29 is 48.3 Å². The first-order chi connectivity index (χ1) is 21.6. The Morgan fingerprint density at radius 2 is 1.02 bits per heavy atom. The largest absolute Gasteiger partial charge is 0.494 e. The second-order valence-electron chi connectivity index (χ2n) is 10.6. The van der Waals surface area contributed by atoms with E-state index in [9.17, 15) is 29.4 Å². The molecule has 2 rings (SSSR count). The second kappa shape index (κ2) is 19.9. The van der Waals surface area contributed by atoms with E-state index in [-0.39, 0.29) is 12.8 Å². The van der Waals surface area contributed by atoms with E-state index >= 15 is 0 Å². The van der Waals surface area contributed by atoms with Gasteiger partial charge in [-0.2, -0.15) is 0 Å². The third-order valence-corrected chi connectivity index (χ3v) is 7.30. The fraction of sp³-hybridized carbons (Fsp3) is 0.429. The lowest BCUT2D eigenvalue weighted by Gasteiger charge is -2.28. The summed E-state index contributed by atoms with van der Waals surface area (Å²) in [6.07, 6.45) is 7.71. The van der Waals surface area contributed by atoms with Crippen LogP contribution in [-0.2, 0) is 28.7 Å². The first-order valence-electron chi connectivity index (χ1n) is 15.0. The molecule has 0 radical (unpaired) electrons. The number of carbonyl (C=O) groups excluding carboxylic acids is 4. The first-order valence-corrected chi connectivity index (χ1v) is 15.0. The van der Waals surface area contributed by atoms with E-state index < -0.39 is 35.2 Å². The summed E-state index contributed by atoms with van der Waals surface area (Å²) in [7, 11) is 2.63. The average molecular weight is 625 g/mol. The number of carbonyl (C=O) groups is 4. The third-order valence-electron chi connectivity index (χ3n) is 7.30. The zero-order chi connectivity index (χ0) is 33.1. The predicted octanol–water partition coefficient (Wildman–Crippen LogP) is 5.09. The van der Waals surface area contributed by atoms with Crippen molar-refractivity contribution in [3.05, 3.63) is 71.8 Å². The molecule has 0 fully saturated rings. The lowest BCUT2D eigenvalue weighted by Crippen LogP contribution is -2.46. The molecular formula is C35H44O10. The van der Waals surface area contributed by atoms with Gasteiger partial charge in [-0.3, -0.25) is 9.59 Å². The summed E-state index contributed by atoms with van der Waals surface area (Å²) in [4.78, 5) is 48.2. The maximum atomic E-state index is 12.9. The van der Waals surface area contributed by atoms with E-state index in [1.165, 1.54) is 33.3 Å². The number of hydrogen-bond donors (Lipinski definition) is 2. The van der Waals surface area contributed by atoms with Crippen molar-refractivity contribution in [1.29, 1.82) is 0 Å². The highest BCUT2D eigenvalue weighted by Gasteiger charge is 2.45. The van der Waals surface area contributed by atoms with Gasteiger partial charge in [0.25, 0.3) is 0 Å². The summed E-state index contributed by atoms with van der Waals surface area (Å²) in [5, 5.41) is 19.9. The van der Waals surface area contributed by atoms with Gasteiger partial charge in [0.15, 0.2) is 17.9 Å². The van der Waals surface area contributed by atoms with Gasteiger partial charge in [-0.25, -0.2) is 9.59 Å². The van der Waals surface area contributed by atoms with Crippen molar-refractivity contribution in [3.8, 4) is 11.5 Å². The summed E-state index contributed by atoms with van der Waals surface area (Å²) in [6.45, 7) is 2.18. The molecular weight excluding hydrogens is 580 g/mol. The number of Topliss-reactive ketones (excluding diaryl/α,β-unsaturated/α-hetero) is 2. The second-order valence-corrected chi connectivity index (χ2v) is 10.6. The number of benzene rings is 2. The quantitative estimate of drug-likeness (QED) is 0.0633. The molecule has 2 aromatic carbocycles. The fourth-order valence-corrected chi connectivity index (χ4v) is 4.29. The van der Waals surface area contributed by atoms with Crippen LogP contribution in [0.4, 0.5) is 0 Å². The van der Waals surface area contributed by atoms with E-state index in [1.807, 2.05) is 24.3 Å². The highest BCUT2D eigenvalue weighted by Crippen LogP contribution is 2.28. The van der Waals surface area contributed by atoms with E-state index in [2.05, 4.69) is 9.47 Å². The van der Waals surface area contributed by atoms with Crippen LogP contribution in [0.15, 0.2) is 60.7 Å². The molecule has 0 saturated carbocycles. The van der Waals surface area contributed by atoms with Gasteiger partial charge >= 0.3 is 11.9 Å². The van der Waals surface area contributed by atoms with Crippen molar-refractivity contribution >= 4 is 35.7 Å². The number of ether oxygens (including phenoxy) is 4. The fourth-order valence-electron chi connectivity index (χ4n) is 4.29. The van der Waals surface area contributed by atoms with Crippen molar-refractivity contribution in [3.63, 3.8) is 0 Å². The number of esters is 2. The number of ketones is 2. The van der Waals surface area contributed by atoms with Crippen LogP contribution in [0.5, 0.6) is 11.5 Å². The van der Waals surface area contributed by atoms with Crippen LogP contribution in [0.3, 0.4) is 0 Å². The molecule has 0 spiro atoms. The van der Waals surface area contributed by atoms with Gasteiger partial charge in [0.1, 0.15) is 16.9 Å². The molecule has 0 aliphatic heterocycles. The Labute approximate surface area is 264 Å². The summed E-state index contributed by atoms with van der Waals surface area (Å²) in [5.41, 5.74) is -0.202. The van der Waals surface area contributed by atoms with Crippen LogP contribution in [0.2, 0.25) is 0 Å². The molecule has 0 atom stereocenters. The van der Waals surface area contributed by atoms with Gasteiger partial charge in [0.2, 0.25) is 0 Å². The molecule has 45 heavy (non-hydrogen) atoms. The third kappa shape index (κ3) is 13.1. The maximum absolute atomic E-state index is 12.9. The zero-order valence-electron chi connectivity index (χ0n) is 26.2. The lowest BCUT2D eigenvalue weighted by atomic mass is 9.76. The van der Waals surface area contributed by atoms with E-state index in [0.717, 1.165) is 11.1 Å². The predicted molar refractivity (Wildman–Crippen MR) is 169 cm³/mol. The minimum absolute atomic E-state index is 0.0617. The maximum Gasteiger partial charge on any atom is 0.330 e. The van der Waals surface area contributed by atoms with Gasteiger partial charge in [-0.1, -0.05) is 24.3 Å². The van der Waals surface area contributed by atoms with Gasteiger partial charge < -0.3 is 29.2 Å². The summed E-state index contributed by atoms with van der Waals surface area (Å²) in [6, 6.07) is 14.4. The van der Waals surface area contributed by atoms with Crippen molar-refractivity contribution in [2.45, 2.75) is 64.6 Å². The number of aliphatic hydroxyl groups excluding tert-OH is 1. The van der Waals surface area contributed by atoms with Crippen LogP contribution in [0.1, 0.15) is 69.4 Å². The monoisotopic (exact) mass is 624 g/mol. The topological polar surface area (TPSA) is 146 Å². The standard InChI is InChI=1S/C35H44O10/c1-35(34(40)41,30(36)10-6-4-8-24-44-28-18-12-26(13-19-28)16-22-32(38)42-2)31(37)11-7-5-9-25-45-29-20-14-27(15-21-29)17-23-33(39)43-3/h12-23,34,40-41H,4-11,24-25H2,1-3H3/b22-16+,23-17+. The van der Waals surface area contributed by atoms with Crippen molar-refractivity contribution in [1.82, 2.24) is 0 Å². The number of methoxy groups -OCH3 is 2. The summed E-state index contributed by atoms with van der Waals surface area (Å²) < 4.78 is 20.6. The first kappa shape index (κ1) is 36.9. The summed E-state index contributed by atoms with van der Waals surface area (Å²) >= 11 is 0. The van der Waals surface area contributed by atoms with E-state index in [0.29, 0.717) is 63.2 Å². The minimum Gasteiger partial charge on any atom is -0.494 e. The summed E-state index contributed by atoms with van der Waals surface area (Å²) in [5.74, 6) is -0.472. The minimum atomic E-state index is -2.07. The van der Waals surface area contributed by atoms with Crippen molar-refractivity contribution in [2.75, 3.05) is 27.4 Å². The lowest BCUT2D eigenvalue weighted by molar-refractivity contribution is -0.169. The van der Waals surface area contributed by atoms with Gasteiger partial charge in [0.05, 0.1) is 27.4 Å². The zero-order valence-corrected chi connectivity index (χ0v) is 26.2. The van der Waals surface area contributed by atoms with Crippen LogP contribution < -0.4 is 9.47 Å². The number of aliphatic hydroxyl groups is 2. The smallest absolute Gasteiger partial charge is 0.330 e. The molecule has 0 bridgehead atoms. The number of unbranched alkanes of at least 4 members (excludes halogenated alkanes) is 4. The molecule has 0 amide bonds. The molecule has 2 aromatic rings. The Bertz CT molecular complexity index is 1180. The van der Waals surface area contributed by atoms with Crippen LogP contribution >= 0.6 is 0 Å². The number of hydrogen-bond acceptors (Lipinski definition) is 10. The van der Waals surface area contributed by atoms with Crippen LogP contribution in [0.25, 0.3) is 12.2 Å².